The first-order valence-electron chi connectivity index (χ1n) is 9.11. The second kappa shape index (κ2) is 8.25. The SMILES string of the molecule is COC(=O)C[C@H](C)[C@H](NC(=O)C1c2ccccc2-c2ccccc21)C(=O)OC. The van der Waals surface area contributed by atoms with Gasteiger partial charge in [0.25, 0.3) is 0 Å². The van der Waals surface area contributed by atoms with Crippen LogP contribution < -0.4 is 5.32 Å². The van der Waals surface area contributed by atoms with Gasteiger partial charge in [-0.2, -0.15) is 0 Å². The van der Waals surface area contributed by atoms with Crippen LogP contribution in [0.1, 0.15) is 30.4 Å². The number of hydrogen-bond acceptors (Lipinski definition) is 5. The summed E-state index contributed by atoms with van der Waals surface area (Å²) in [5.74, 6) is -2.35. The predicted molar refractivity (Wildman–Crippen MR) is 103 cm³/mol. The highest BCUT2D eigenvalue weighted by Gasteiger charge is 2.37. The Morgan fingerprint density at radius 2 is 1.46 bits per heavy atom. The minimum atomic E-state index is -0.948. The lowest BCUT2D eigenvalue weighted by atomic mass is 9.93. The van der Waals surface area contributed by atoms with Crippen molar-refractivity contribution in [1.29, 1.82) is 0 Å². The summed E-state index contributed by atoms with van der Waals surface area (Å²) in [4.78, 5) is 37.1. The number of ether oxygens (including phenoxy) is 2. The topological polar surface area (TPSA) is 81.7 Å². The van der Waals surface area contributed by atoms with Crippen molar-refractivity contribution in [3.05, 3.63) is 59.7 Å². The molecule has 6 heteroatoms. The number of rotatable bonds is 6. The summed E-state index contributed by atoms with van der Waals surface area (Å²) in [5.41, 5.74) is 3.81. The van der Waals surface area contributed by atoms with E-state index in [2.05, 4.69) is 10.1 Å². The van der Waals surface area contributed by atoms with Gasteiger partial charge in [-0.15, -0.1) is 0 Å². The molecule has 146 valence electrons. The van der Waals surface area contributed by atoms with E-state index in [0.717, 1.165) is 22.3 Å². The van der Waals surface area contributed by atoms with Gasteiger partial charge in [0.2, 0.25) is 5.91 Å². The lowest BCUT2D eigenvalue weighted by Gasteiger charge is -2.24. The molecule has 0 bridgehead atoms. The maximum atomic E-state index is 13.2. The van der Waals surface area contributed by atoms with Crippen molar-refractivity contribution in [1.82, 2.24) is 5.32 Å². The molecule has 1 N–H and O–H groups in total. The fourth-order valence-electron chi connectivity index (χ4n) is 3.70. The molecule has 0 aliphatic heterocycles. The monoisotopic (exact) mass is 381 g/mol. The molecule has 0 fully saturated rings. The molecule has 0 saturated heterocycles. The molecule has 1 aliphatic rings. The van der Waals surface area contributed by atoms with Crippen LogP contribution >= 0.6 is 0 Å². The molecule has 1 aliphatic carbocycles. The number of carbonyl (C=O) groups is 3. The van der Waals surface area contributed by atoms with Crippen molar-refractivity contribution < 1.29 is 23.9 Å². The van der Waals surface area contributed by atoms with Crippen LogP contribution in [-0.2, 0) is 23.9 Å². The van der Waals surface area contributed by atoms with E-state index in [1.54, 1.807) is 6.92 Å². The van der Waals surface area contributed by atoms with E-state index >= 15 is 0 Å². The average molecular weight is 381 g/mol. The molecule has 0 unspecified atom stereocenters. The van der Waals surface area contributed by atoms with E-state index in [1.807, 2.05) is 48.5 Å². The maximum absolute atomic E-state index is 13.2. The summed E-state index contributed by atoms with van der Waals surface area (Å²) < 4.78 is 9.52. The van der Waals surface area contributed by atoms with Crippen LogP contribution in [0.2, 0.25) is 0 Å². The van der Waals surface area contributed by atoms with Gasteiger partial charge < -0.3 is 14.8 Å². The van der Waals surface area contributed by atoms with Crippen LogP contribution in [0.3, 0.4) is 0 Å². The number of hydrogen-bond donors (Lipinski definition) is 1. The Balaban J connectivity index is 1.90. The smallest absolute Gasteiger partial charge is 0.328 e. The van der Waals surface area contributed by atoms with Crippen LogP contribution in [0.25, 0.3) is 11.1 Å². The zero-order valence-corrected chi connectivity index (χ0v) is 16.1. The van der Waals surface area contributed by atoms with E-state index < -0.39 is 29.8 Å². The number of methoxy groups -OCH3 is 2. The Kier molecular flexibility index (Phi) is 5.78. The molecule has 0 heterocycles. The Labute approximate surface area is 163 Å². The molecule has 6 nitrogen and oxygen atoms in total. The lowest BCUT2D eigenvalue weighted by molar-refractivity contribution is -0.148. The van der Waals surface area contributed by atoms with Crippen molar-refractivity contribution in [3.8, 4) is 11.1 Å². The molecular formula is C22H23NO5. The minimum absolute atomic E-state index is 0.00557. The van der Waals surface area contributed by atoms with Crippen LogP contribution in [0.4, 0.5) is 0 Å². The van der Waals surface area contributed by atoms with E-state index in [0.29, 0.717) is 0 Å². The van der Waals surface area contributed by atoms with Crippen LogP contribution in [0.15, 0.2) is 48.5 Å². The van der Waals surface area contributed by atoms with Crippen molar-refractivity contribution >= 4 is 17.8 Å². The molecule has 2 aromatic carbocycles. The highest BCUT2D eigenvalue weighted by molar-refractivity contribution is 5.98. The summed E-state index contributed by atoms with van der Waals surface area (Å²) in [7, 11) is 2.54. The first-order valence-corrected chi connectivity index (χ1v) is 9.11. The number of fused-ring (bicyclic) bond motifs is 3. The van der Waals surface area contributed by atoms with Crippen molar-refractivity contribution in [3.63, 3.8) is 0 Å². The molecule has 0 radical (unpaired) electrons. The molecule has 2 atom stereocenters. The largest absolute Gasteiger partial charge is 0.469 e. The normalized spacial score (nSPS) is 14.4. The molecule has 3 rings (SSSR count). The Hall–Kier alpha value is -3.15. The second-order valence-electron chi connectivity index (χ2n) is 6.87. The number of amides is 1. The number of benzene rings is 2. The van der Waals surface area contributed by atoms with Crippen LogP contribution in [-0.4, -0.2) is 38.1 Å². The van der Waals surface area contributed by atoms with Gasteiger partial charge in [0.05, 0.1) is 26.6 Å². The van der Waals surface area contributed by atoms with Crippen molar-refractivity contribution in [2.24, 2.45) is 5.92 Å². The van der Waals surface area contributed by atoms with Crippen molar-refractivity contribution in [2.75, 3.05) is 14.2 Å². The average Bonchev–Trinajstić information content (AvgIpc) is 3.05. The first-order chi connectivity index (χ1) is 13.5. The zero-order chi connectivity index (χ0) is 20.3. The lowest BCUT2D eigenvalue weighted by Crippen LogP contribution is -2.48. The summed E-state index contributed by atoms with van der Waals surface area (Å²) in [6.45, 7) is 1.70. The van der Waals surface area contributed by atoms with Gasteiger partial charge in [0.15, 0.2) is 0 Å². The standard InChI is InChI=1S/C22H23NO5/c1-13(12-18(24)27-2)20(22(26)28-3)23-21(25)19-16-10-6-4-8-14(16)15-9-5-7-11-17(15)19/h4-11,13,19-20H,12H2,1-3H3,(H,23,25)/t13-,20-/m0/s1. The van der Waals surface area contributed by atoms with Gasteiger partial charge in [-0.25, -0.2) is 4.79 Å². The minimum Gasteiger partial charge on any atom is -0.469 e. The van der Waals surface area contributed by atoms with Gasteiger partial charge >= 0.3 is 11.9 Å². The molecule has 1 amide bonds. The van der Waals surface area contributed by atoms with Crippen molar-refractivity contribution in [2.45, 2.75) is 25.3 Å². The first kappa shape index (κ1) is 19.6. The highest BCUT2D eigenvalue weighted by Crippen LogP contribution is 2.44. The van der Waals surface area contributed by atoms with Crippen LogP contribution in [0, 0.1) is 5.92 Å². The van der Waals surface area contributed by atoms with E-state index in [4.69, 9.17) is 4.74 Å². The molecular weight excluding hydrogens is 358 g/mol. The predicted octanol–water partition coefficient (Wildman–Crippen LogP) is 2.66. The van der Waals surface area contributed by atoms with Gasteiger partial charge in [0.1, 0.15) is 6.04 Å². The summed E-state index contributed by atoms with van der Waals surface area (Å²) >= 11 is 0. The Morgan fingerprint density at radius 3 is 1.96 bits per heavy atom. The third kappa shape index (κ3) is 3.63. The Morgan fingerprint density at radius 1 is 0.929 bits per heavy atom. The van der Waals surface area contributed by atoms with E-state index in [9.17, 15) is 14.4 Å². The quantitative estimate of drug-likeness (QED) is 0.778. The maximum Gasteiger partial charge on any atom is 0.328 e. The number of esters is 2. The molecule has 0 aromatic heterocycles. The Bertz CT molecular complexity index is 862. The fourth-order valence-corrected chi connectivity index (χ4v) is 3.70. The van der Waals surface area contributed by atoms with Gasteiger partial charge in [-0.1, -0.05) is 55.5 Å². The summed E-state index contributed by atoms with van der Waals surface area (Å²) in [5, 5.41) is 2.80. The summed E-state index contributed by atoms with van der Waals surface area (Å²) in [6, 6.07) is 14.5. The highest BCUT2D eigenvalue weighted by atomic mass is 16.5. The van der Waals surface area contributed by atoms with Crippen LogP contribution in [0.5, 0.6) is 0 Å². The van der Waals surface area contributed by atoms with E-state index in [-0.39, 0.29) is 12.3 Å². The molecule has 0 spiro atoms. The summed E-state index contributed by atoms with van der Waals surface area (Å²) in [6.07, 6.45) is -0.00557. The second-order valence-corrected chi connectivity index (χ2v) is 6.87. The van der Waals surface area contributed by atoms with E-state index in [1.165, 1.54) is 14.2 Å². The van der Waals surface area contributed by atoms with Gasteiger partial charge in [-0.05, 0) is 28.2 Å². The molecule has 28 heavy (non-hydrogen) atoms. The third-order valence-electron chi connectivity index (χ3n) is 5.13. The fraction of sp³-hybridized carbons (Fsp3) is 0.318. The van der Waals surface area contributed by atoms with Gasteiger partial charge in [-0.3, -0.25) is 9.59 Å². The third-order valence-corrected chi connectivity index (χ3v) is 5.13. The number of carbonyl (C=O) groups excluding carboxylic acids is 3. The number of nitrogens with one attached hydrogen (secondary N) is 1. The molecule has 0 saturated carbocycles. The van der Waals surface area contributed by atoms with Gasteiger partial charge in [0, 0.05) is 0 Å². The zero-order valence-electron chi connectivity index (χ0n) is 16.1. The molecule has 2 aromatic rings.